The lowest BCUT2D eigenvalue weighted by molar-refractivity contribution is 0.221. The minimum atomic E-state index is 0. The Morgan fingerprint density at radius 2 is 2.13 bits per heavy atom. The summed E-state index contributed by atoms with van der Waals surface area (Å²) in [5.41, 5.74) is 0. The molecule has 2 aliphatic rings. The number of guanidine groups is 1. The molecule has 2 N–H and O–H groups in total. The molecule has 2 heterocycles. The number of furan rings is 1. The number of hydrogen-bond donors (Lipinski definition) is 2. The minimum Gasteiger partial charge on any atom is -0.468 e. The fraction of sp³-hybridized carbons (Fsp3) is 0.706. The molecule has 1 atom stereocenters. The van der Waals surface area contributed by atoms with Gasteiger partial charge in [-0.15, -0.1) is 24.0 Å². The van der Waals surface area contributed by atoms with Crippen molar-refractivity contribution in [2.24, 2.45) is 10.9 Å². The Morgan fingerprint density at radius 3 is 2.74 bits per heavy atom. The van der Waals surface area contributed by atoms with Crippen molar-refractivity contribution in [3.05, 3.63) is 24.2 Å². The summed E-state index contributed by atoms with van der Waals surface area (Å²) >= 11 is 0. The summed E-state index contributed by atoms with van der Waals surface area (Å²) in [5, 5.41) is 6.81. The van der Waals surface area contributed by atoms with Crippen LogP contribution in [0, 0.1) is 5.92 Å². The third kappa shape index (κ3) is 5.67. The van der Waals surface area contributed by atoms with Gasteiger partial charge in [0.05, 0.1) is 18.8 Å². The average Bonchev–Trinajstić information content (AvgIpc) is 3.00. The summed E-state index contributed by atoms with van der Waals surface area (Å²) in [6.07, 6.45) is 7.03. The van der Waals surface area contributed by atoms with E-state index in [-0.39, 0.29) is 30.0 Å². The molecular weight excluding hydrogens is 403 g/mol. The molecule has 1 saturated heterocycles. The summed E-state index contributed by atoms with van der Waals surface area (Å²) in [5.74, 6) is 2.82. The van der Waals surface area contributed by atoms with Crippen LogP contribution in [0.2, 0.25) is 0 Å². The predicted molar refractivity (Wildman–Crippen MR) is 104 cm³/mol. The van der Waals surface area contributed by atoms with Crippen LogP contribution < -0.4 is 10.6 Å². The Morgan fingerprint density at radius 1 is 1.35 bits per heavy atom. The predicted octanol–water partition coefficient (Wildman–Crippen LogP) is 3.00. The highest BCUT2D eigenvalue weighted by Gasteiger charge is 2.25. The third-order valence-corrected chi connectivity index (χ3v) is 4.47. The first-order valence-electron chi connectivity index (χ1n) is 8.66. The van der Waals surface area contributed by atoms with Crippen molar-refractivity contribution in [2.45, 2.75) is 38.6 Å². The minimum absolute atomic E-state index is 0. The zero-order chi connectivity index (χ0) is 15.2. The molecule has 1 aromatic rings. The van der Waals surface area contributed by atoms with Gasteiger partial charge in [0.1, 0.15) is 5.76 Å². The number of nitrogens with one attached hydrogen (secondary N) is 2. The van der Waals surface area contributed by atoms with Gasteiger partial charge >= 0.3 is 0 Å². The highest BCUT2D eigenvalue weighted by atomic mass is 127. The molecule has 23 heavy (non-hydrogen) atoms. The van der Waals surface area contributed by atoms with Crippen LogP contribution in [0.3, 0.4) is 0 Å². The molecule has 0 bridgehead atoms. The highest BCUT2D eigenvalue weighted by molar-refractivity contribution is 14.0. The van der Waals surface area contributed by atoms with Crippen LogP contribution in [0.1, 0.15) is 44.4 Å². The number of rotatable bonds is 7. The zero-order valence-corrected chi connectivity index (χ0v) is 16.3. The number of halogens is 1. The Balaban J connectivity index is 0.00000192. The van der Waals surface area contributed by atoms with E-state index in [1.54, 1.807) is 6.26 Å². The summed E-state index contributed by atoms with van der Waals surface area (Å²) < 4.78 is 5.66. The maximum absolute atomic E-state index is 5.66. The third-order valence-electron chi connectivity index (χ3n) is 4.47. The second-order valence-corrected chi connectivity index (χ2v) is 6.32. The van der Waals surface area contributed by atoms with Gasteiger partial charge in [-0.05, 0) is 63.7 Å². The van der Waals surface area contributed by atoms with E-state index in [2.05, 4.69) is 28.5 Å². The molecule has 6 heteroatoms. The summed E-state index contributed by atoms with van der Waals surface area (Å²) in [6, 6.07) is 4.30. The fourth-order valence-electron chi connectivity index (χ4n) is 3.00. The molecule has 1 saturated carbocycles. The van der Waals surface area contributed by atoms with Gasteiger partial charge in [-0.25, -0.2) is 0 Å². The lowest BCUT2D eigenvalue weighted by Crippen LogP contribution is -2.39. The van der Waals surface area contributed by atoms with Crippen LogP contribution in [0.5, 0.6) is 0 Å². The normalized spacial score (nSPS) is 20.1. The Kier molecular flexibility index (Phi) is 7.69. The molecule has 2 fully saturated rings. The molecule has 0 aromatic carbocycles. The molecule has 130 valence electrons. The lowest BCUT2D eigenvalue weighted by atomic mass is 10.2. The second-order valence-electron chi connectivity index (χ2n) is 6.32. The van der Waals surface area contributed by atoms with E-state index in [0.717, 1.165) is 50.4 Å². The highest BCUT2D eigenvalue weighted by Crippen LogP contribution is 2.28. The van der Waals surface area contributed by atoms with Crippen molar-refractivity contribution in [2.75, 3.05) is 32.7 Å². The monoisotopic (exact) mass is 432 g/mol. The van der Waals surface area contributed by atoms with Crippen LogP contribution in [0.15, 0.2) is 27.8 Å². The van der Waals surface area contributed by atoms with Crippen molar-refractivity contribution in [3.63, 3.8) is 0 Å². The van der Waals surface area contributed by atoms with Crippen LogP contribution >= 0.6 is 24.0 Å². The second kappa shape index (κ2) is 9.52. The van der Waals surface area contributed by atoms with Crippen molar-refractivity contribution in [1.29, 1.82) is 0 Å². The average molecular weight is 432 g/mol. The first-order chi connectivity index (χ1) is 10.9. The van der Waals surface area contributed by atoms with Gasteiger partial charge in [-0.2, -0.15) is 0 Å². The van der Waals surface area contributed by atoms with Gasteiger partial charge in [0.15, 0.2) is 5.96 Å². The first kappa shape index (κ1) is 18.6. The molecule has 1 aliphatic carbocycles. The molecular formula is C17H29IN4O. The number of likely N-dealkylation sites (tertiary alicyclic amines) is 1. The quantitative estimate of drug-likeness (QED) is 0.395. The summed E-state index contributed by atoms with van der Waals surface area (Å²) in [6.45, 7) is 7.08. The molecule has 0 spiro atoms. The topological polar surface area (TPSA) is 52.8 Å². The van der Waals surface area contributed by atoms with Crippen molar-refractivity contribution < 1.29 is 4.42 Å². The van der Waals surface area contributed by atoms with Gasteiger partial charge in [0, 0.05) is 13.1 Å². The fourth-order valence-corrected chi connectivity index (χ4v) is 3.00. The van der Waals surface area contributed by atoms with E-state index in [4.69, 9.17) is 9.41 Å². The number of aliphatic imine (C=N–C) groups is 1. The standard InChI is InChI=1S/C17H28N4O.HI/c1-2-18-17(19-12-14-7-8-14)20-13-15(16-6-5-11-22-16)21-9-3-4-10-21;/h5-6,11,14-15H,2-4,7-10,12-13H2,1H3,(H2,18,19,20);1H. The molecule has 1 aliphatic heterocycles. The summed E-state index contributed by atoms with van der Waals surface area (Å²) in [7, 11) is 0. The van der Waals surface area contributed by atoms with Crippen LogP contribution in [0.25, 0.3) is 0 Å². The van der Waals surface area contributed by atoms with Crippen LogP contribution in [-0.2, 0) is 0 Å². The Bertz CT molecular complexity index is 467. The SMILES string of the molecule is CCNC(=NCC(c1ccco1)N1CCCC1)NCC1CC1.I. The van der Waals surface area contributed by atoms with E-state index >= 15 is 0 Å². The molecule has 1 unspecified atom stereocenters. The summed E-state index contributed by atoms with van der Waals surface area (Å²) in [4.78, 5) is 7.30. The maximum Gasteiger partial charge on any atom is 0.191 e. The van der Waals surface area contributed by atoms with Crippen LogP contribution in [0.4, 0.5) is 0 Å². The molecule has 3 rings (SSSR count). The van der Waals surface area contributed by atoms with Gasteiger partial charge in [0.2, 0.25) is 0 Å². The molecule has 0 amide bonds. The van der Waals surface area contributed by atoms with E-state index in [9.17, 15) is 0 Å². The van der Waals surface area contributed by atoms with Gasteiger partial charge in [-0.3, -0.25) is 9.89 Å². The smallest absolute Gasteiger partial charge is 0.191 e. The van der Waals surface area contributed by atoms with Gasteiger partial charge < -0.3 is 15.1 Å². The van der Waals surface area contributed by atoms with Crippen molar-refractivity contribution in [1.82, 2.24) is 15.5 Å². The van der Waals surface area contributed by atoms with E-state index in [0.29, 0.717) is 0 Å². The number of nitrogens with zero attached hydrogens (tertiary/aromatic N) is 2. The van der Waals surface area contributed by atoms with Crippen LogP contribution in [-0.4, -0.2) is 43.6 Å². The molecule has 5 nitrogen and oxygen atoms in total. The van der Waals surface area contributed by atoms with E-state index in [1.807, 2.05) is 6.07 Å². The zero-order valence-electron chi connectivity index (χ0n) is 14.0. The Labute approximate surface area is 156 Å². The van der Waals surface area contributed by atoms with Gasteiger partial charge in [-0.1, -0.05) is 0 Å². The van der Waals surface area contributed by atoms with Crippen molar-refractivity contribution >= 4 is 29.9 Å². The van der Waals surface area contributed by atoms with Gasteiger partial charge in [0.25, 0.3) is 0 Å². The van der Waals surface area contributed by atoms with Crippen molar-refractivity contribution in [3.8, 4) is 0 Å². The van der Waals surface area contributed by atoms with E-state index in [1.165, 1.54) is 25.7 Å². The molecule has 0 radical (unpaired) electrons. The number of hydrogen-bond acceptors (Lipinski definition) is 3. The largest absolute Gasteiger partial charge is 0.468 e. The lowest BCUT2D eigenvalue weighted by Gasteiger charge is -2.24. The molecule has 1 aromatic heterocycles. The first-order valence-corrected chi connectivity index (χ1v) is 8.66. The Hall–Kier alpha value is -0.760. The van der Waals surface area contributed by atoms with E-state index < -0.39 is 0 Å². The maximum atomic E-state index is 5.66.